The van der Waals surface area contributed by atoms with Crippen LogP contribution in [0.4, 0.5) is 0 Å². The molecule has 0 spiro atoms. The summed E-state index contributed by atoms with van der Waals surface area (Å²) in [6.45, 7) is 5.80. The Morgan fingerprint density at radius 2 is 2.31 bits per heavy atom. The maximum atomic E-state index is 5.58. The second kappa shape index (κ2) is 6.03. The smallest absolute Gasteiger partial charge is 0.0898 e. The summed E-state index contributed by atoms with van der Waals surface area (Å²) < 4.78 is 10.9. The van der Waals surface area contributed by atoms with E-state index in [1.165, 1.54) is 24.8 Å². The summed E-state index contributed by atoms with van der Waals surface area (Å²) in [7, 11) is 0. The quantitative estimate of drug-likeness (QED) is 0.494. The van der Waals surface area contributed by atoms with Crippen molar-refractivity contribution >= 4 is 0 Å². The van der Waals surface area contributed by atoms with Gasteiger partial charge in [-0.05, 0) is 38.7 Å². The van der Waals surface area contributed by atoms with Crippen molar-refractivity contribution < 1.29 is 9.47 Å². The summed E-state index contributed by atoms with van der Waals surface area (Å²) in [5.41, 5.74) is 1.21. The number of allylic oxidation sites excluding steroid dienone is 1. The second-order valence-electron chi connectivity index (χ2n) is 3.84. The molecule has 0 N–H and O–H groups in total. The Morgan fingerprint density at radius 3 is 2.92 bits per heavy atom. The Kier molecular flexibility index (Phi) is 4.91. The van der Waals surface area contributed by atoms with Crippen LogP contribution in [0.25, 0.3) is 0 Å². The molecule has 1 heterocycles. The van der Waals surface area contributed by atoms with Crippen LogP contribution in [0, 0.1) is 0 Å². The summed E-state index contributed by atoms with van der Waals surface area (Å²) in [5.74, 6) is 0. The molecule has 1 unspecified atom stereocenters. The molecule has 0 radical (unpaired) electrons. The number of hydrogen-bond donors (Lipinski definition) is 0. The lowest BCUT2D eigenvalue weighted by atomic mass is 10.1. The van der Waals surface area contributed by atoms with Crippen LogP contribution in [0.3, 0.4) is 0 Å². The van der Waals surface area contributed by atoms with Crippen LogP contribution in [0.2, 0.25) is 0 Å². The van der Waals surface area contributed by atoms with Gasteiger partial charge in [-0.15, -0.1) is 0 Å². The van der Waals surface area contributed by atoms with Crippen molar-refractivity contribution in [3.05, 3.63) is 11.8 Å². The fourth-order valence-corrected chi connectivity index (χ4v) is 1.46. The van der Waals surface area contributed by atoms with E-state index < -0.39 is 0 Å². The van der Waals surface area contributed by atoms with Gasteiger partial charge in [-0.25, -0.2) is 0 Å². The lowest BCUT2D eigenvalue weighted by Crippen LogP contribution is -2.20. The van der Waals surface area contributed by atoms with Crippen LogP contribution >= 0.6 is 0 Å². The number of hydrogen-bond acceptors (Lipinski definition) is 2. The van der Waals surface area contributed by atoms with E-state index in [1.807, 2.05) is 20.1 Å². The Morgan fingerprint density at radius 1 is 1.46 bits per heavy atom. The average molecular weight is 184 g/mol. The van der Waals surface area contributed by atoms with Crippen LogP contribution in [0.5, 0.6) is 0 Å². The van der Waals surface area contributed by atoms with Crippen molar-refractivity contribution in [2.24, 2.45) is 0 Å². The van der Waals surface area contributed by atoms with Gasteiger partial charge in [0.05, 0.1) is 19.0 Å². The predicted octanol–water partition coefficient (Wildman–Crippen LogP) is 2.89. The molecule has 0 aromatic heterocycles. The summed E-state index contributed by atoms with van der Waals surface area (Å²) in [6, 6.07) is 0. The van der Waals surface area contributed by atoms with Crippen LogP contribution in [-0.4, -0.2) is 19.3 Å². The first kappa shape index (κ1) is 10.6. The van der Waals surface area contributed by atoms with Crippen LogP contribution < -0.4 is 0 Å². The third kappa shape index (κ3) is 4.94. The van der Waals surface area contributed by atoms with Gasteiger partial charge in [0.2, 0.25) is 0 Å². The summed E-state index contributed by atoms with van der Waals surface area (Å²) >= 11 is 0. The molecule has 1 fully saturated rings. The van der Waals surface area contributed by atoms with Gasteiger partial charge in [0.25, 0.3) is 0 Å². The minimum Gasteiger partial charge on any atom is -0.501 e. The van der Waals surface area contributed by atoms with Gasteiger partial charge in [-0.3, -0.25) is 0 Å². The molecule has 2 nitrogen and oxygen atoms in total. The highest BCUT2D eigenvalue weighted by molar-refractivity contribution is 4.86. The highest BCUT2D eigenvalue weighted by Crippen LogP contribution is 2.15. The van der Waals surface area contributed by atoms with E-state index in [1.54, 1.807) is 0 Å². The zero-order valence-electron chi connectivity index (χ0n) is 8.71. The van der Waals surface area contributed by atoms with Crippen LogP contribution in [0.1, 0.15) is 39.5 Å². The van der Waals surface area contributed by atoms with Crippen molar-refractivity contribution in [1.82, 2.24) is 0 Å². The zero-order valence-corrected chi connectivity index (χ0v) is 8.71. The second-order valence-corrected chi connectivity index (χ2v) is 3.84. The molecule has 13 heavy (non-hydrogen) atoms. The van der Waals surface area contributed by atoms with Gasteiger partial charge in [0.1, 0.15) is 0 Å². The molecule has 1 aliphatic heterocycles. The SMILES string of the molecule is CC(C)=COCCC1CCCCO1. The Labute approximate surface area is 80.9 Å². The Bertz CT molecular complexity index is 153. The zero-order chi connectivity index (χ0) is 9.52. The molecular formula is C11H20O2. The van der Waals surface area contributed by atoms with Crippen molar-refractivity contribution in [3.8, 4) is 0 Å². The molecular weight excluding hydrogens is 164 g/mol. The first-order valence-electron chi connectivity index (χ1n) is 5.15. The first-order chi connectivity index (χ1) is 6.29. The number of rotatable bonds is 4. The van der Waals surface area contributed by atoms with Gasteiger partial charge >= 0.3 is 0 Å². The van der Waals surface area contributed by atoms with Gasteiger partial charge in [-0.1, -0.05) is 0 Å². The van der Waals surface area contributed by atoms with E-state index in [-0.39, 0.29) is 0 Å². The molecule has 1 atom stereocenters. The molecule has 76 valence electrons. The van der Waals surface area contributed by atoms with Crippen LogP contribution in [-0.2, 0) is 9.47 Å². The van der Waals surface area contributed by atoms with E-state index in [2.05, 4.69) is 0 Å². The summed E-state index contributed by atoms with van der Waals surface area (Å²) in [6.07, 6.45) is 7.04. The highest BCUT2D eigenvalue weighted by Gasteiger charge is 2.12. The minimum absolute atomic E-state index is 0.444. The number of ether oxygens (including phenoxy) is 2. The minimum atomic E-state index is 0.444. The van der Waals surface area contributed by atoms with E-state index in [9.17, 15) is 0 Å². The molecule has 1 rings (SSSR count). The molecule has 0 saturated carbocycles. The largest absolute Gasteiger partial charge is 0.501 e. The maximum Gasteiger partial charge on any atom is 0.0898 e. The predicted molar refractivity (Wildman–Crippen MR) is 53.6 cm³/mol. The van der Waals surface area contributed by atoms with Crippen molar-refractivity contribution in [3.63, 3.8) is 0 Å². The van der Waals surface area contributed by atoms with Crippen molar-refractivity contribution in [2.75, 3.05) is 13.2 Å². The van der Waals surface area contributed by atoms with Gasteiger partial charge < -0.3 is 9.47 Å². The standard InChI is InChI=1S/C11H20O2/c1-10(2)9-12-8-6-11-5-3-4-7-13-11/h9,11H,3-8H2,1-2H3. The molecule has 0 aromatic carbocycles. The lowest BCUT2D eigenvalue weighted by Gasteiger charge is -2.22. The van der Waals surface area contributed by atoms with E-state index in [4.69, 9.17) is 9.47 Å². The molecule has 0 bridgehead atoms. The first-order valence-corrected chi connectivity index (χ1v) is 5.15. The summed E-state index contributed by atoms with van der Waals surface area (Å²) in [4.78, 5) is 0. The molecule has 1 saturated heterocycles. The Hall–Kier alpha value is -0.500. The van der Waals surface area contributed by atoms with Crippen molar-refractivity contribution in [1.29, 1.82) is 0 Å². The average Bonchev–Trinajstić information content (AvgIpc) is 2.14. The van der Waals surface area contributed by atoms with E-state index >= 15 is 0 Å². The van der Waals surface area contributed by atoms with Crippen molar-refractivity contribution in [2.45, 2.75) is 45.6 Å². The molecule has 1 aliphatic rings. The maximum absolute atomic E-state index is 5.58. The topological polar surface area (TPSA) is 18.5 Å². The monoisotopic (exact) mass is 184 g/mol. The highest BCUT2D eigenvalue weighted by atomic mass is 16.5. The van der Waals surface area contributed by atoms with Gasteiger partial charge in [-0.2, -0.15) is 0 Å². The third-order valence-electron chi connectivity index (χ3n) is 2.15. The Balaban J connectivity index is 2.01. The molecule has 0 aliphatic carbocycles. The molecule has 0 aromatic rings. The van der Waals surface area contributed by atoms with Crippen LogP contribution in [0.15, 0.2) is 11.8 Å². The fourth-order valence-electron chi connectivity index (χ4n) is 1.46. The summed E-state index contributed by atoms with van der Waals surface area (Å²) in [5, 5.41) is 0. The van der Waals surface area contributed by atoms with E-state index in [0.717, 1.165) is 19.6 Å². The normalized spacial score (nSPS) is 22.5. The molecule has 2 heteroatoms. The van der Waals surface area contributed by atoms with Gasteiger partial charge in [0.15, 0.2) is 0 Å². The van der Waals surface area contributed by atoms with E-state index in [0.29, 0.717) is 6.10 Å². The fraction of sp³-hybridized carbons (Fsp3) is 0.818. The third-order valence-corrected chi connectivity index (χ3v) is 2.15. The molecule has 0 amide bonds. The lowest BCUT2D eigenvalue weighted by molar-refractivity contribution is 0.000729. The van der Waals surface area contributed by atoms with Gasteiger partial charge in [0, 0.05) is 13.0 Å².